The Hall–Kier alpha value is -2.24. The second-order valence-corrected chi connectivity index (χ2v) is 8.80. The van der Waals surface area contributed by atoms with Crippen molar-refractivity contribution < 1.29 is 9.59 Å². The molecule has 0 bridgehead atoms. The number of carbonyl (C=O) groups excluding carboxylic acids is 2. The Bertz CT molecular complexity index is 840. The van der Waals surface area contributed by atoms with Crippen LogP contribution in [0.25, 0.3) is 11.0 Å². The quantitative estimate of drug-likeness (QED) is 0.812. The maximum Gasteiger partial charge on any atom is 0.220 e. The van der Waals surface area contributed by atoms with Gasteiger partial charge in [-0.05, 0) is 42.7 Å². The molecule has 146 valence electrons. The van der Waals surface area contributed by atoms with E-state index in [0.717, 1.165) is 17.5 Å². The van der Waals surface area contributed by atoms with Gasteiger partial charge < -0.3 is 5.32 Å². The molecular formula is C21H30N4O2. The lowest BCUT2D eigenvalue weighted by Gasteiger charge is -2.51. The monoisotopic (exact) mass is 370 g/mol. The summed E-state index contributed by atoms with van der Waals surface area (Å²) < 4.78 is 1.86. The topological polar surface area (TPSA) is 76.9 Å². The molecule has 2 aromatic rings. The van der Waals surface area contributed by atoms with E-state index in [1.165, 1.54) is 0 Å². The predicted molar refractivity (Wildman–Crippen MR) is 105 cm³/mol. The van der Waals surface area contributed by atoms with Crippen molar-refractivity contribution in [2.75, 3.05) is 0 Å². The minimum Gasteiger partial charge on any atom is -0.351 e. The minimum atomic E-state index is -0.0986. The molecule has 1 aromatic carbocycles. The van der Waals surface area contributed by atoms with Crippen LogP contribution in [-0.4, -0.2) is 32.7 Å². The van der Waals surface area contributed by atoms with Gasteiger partial charge in [-0.3, -0.25) is 9.59 Å². The summed E-state index contributed by atoms with van der Waals surface area (Å²) in [6, 6.07) is 7.82. The van der Waals surface area contributed by atoms with Crippen LogP contribution < -0.4 is 5.32 Å². The Morgan fingerprint density at radius 3 is 2.63 bits per heavy atom. The van der Waals surface area contributed by atoms with E-state index in [-0.39, 0.29) is 40.9 Å². The van der Waals surface area contributed by atoms with Crippen molar-refractivity contribution >= 4 is 22.7 Å². The summed E-state index contributed by atoms with van der Waals surface area (Å²) in [4.78, 5) is 24.4. The van der Waals surface area contributed by atoms with Crippen LogP contribution in [-0.2, 0) is 16.1 Å². The first kappa shape index (κ1) is 19.5. The first-order chi connectivity index (χ1) is 12.7. The molecule has 0 saturated heterocycles. The van der Waals surface area contributed by atoms with Crippen LogP contribution in [0.3, 0.4) is 0 Å². The van der Waals surface area contributed by atoms with Crippen LogP contribution in [0.4, 0.5) is 0 Å². The van der Waals surface area contributed by atoms with E-state index in [0.29, 0.717) is 13.0 Å². The number of aromatic nitrogens is 3. The van der Waals surface area contributed by atoms with Gasteiger partial charge >= 0.3 is 0 Å². The number of hydrogen-bond acceptors (Lipinski definition) is 4. The zero-order valence-corrected chi connectivity index (χ0v) is 16.9. The lowest BCUT2D eigenvalue weighted by Crippen LogP contribution is -2.51. The smallest absolute Gasteiger partial charge is 0.220 e. The molecule has 0 spiro atoms. The van der Waals surface area contributed by atoms with Crippen LogP contribution in [0, 0.1) is 23.2 Å². The molecule has 0 radical (unpaired) electrons. The summed E-state index contributed by atoms with van der Waals surface area (Å²) in [5.74, 6) is 0.897. The fourth-order valence-electron chi connectivity index (χ4n) is 4.20. The van der Waals surface area contributed by atoms with Crippen LogP contribution in [0.5, 0.6) is 0 Å². The van der Waals surface area contributed by atoms with E-state index in [2.05, 4.69) is 43.3 Å². The number of fused-ring (bicyclic) bond motifs is 1. The molecule has 1 N–H and O–H groups in total. The third kappa shape index (κ3) is 3.89. The average Bonchev–Trinajstić information content (AvgIpc) is 3.00. The number of nitrogens with one attached hydrogen (secondary N) is 1. The second kappa shape index (κ2) is 7.41. The molecule has 27 heavy (non-hydrogen) atoms. The summed E-state index contributed by atoms with van der Waals surface area (Å²) in [5.41, 5.74) is 1.73. The average molecular weight is 370 g/mol. The molecule has 3 atom stereocenters. The van der Waals surface area contributed by atoms with Crippen LogP contribution >= 0.6 is 0 Å². The van der Waals surface area contributed by atoms with E-state index in [1.54, 1.807) is 6.92 Å². The number of benzene rings is 1. The molecule has 3 rings (SSSR count). The second-order valence-electron chi connectivity index (χ2n) is 8.80. The summed E-state index contributed by atoms with van der Waals surface area (Å²) >= 11 is 0. The Morgan fingerprint density at radius 1 is 1.30 bits per heavy atom. The van der Waals surface area contributed by atoms with Crippen molar-refractivity contribution in [2.45, 2.75) is 60.0 Å². The number of carbonyl (C=O) groups is 2. The fraction of sp³-hybridized carbons (Fsp3) is 0.619. The first-order valence-electron chi connectivity index (χ1n) is 9.78. The van der Waals surface area contributed by atoms with Crippen molar-refractivity contribution in [3.8, 4) is 0 Å². The molecule has 6 heteroatoms. The SMILES string of the molecule is CC(=O)[C@@H]1C[C@H](CC(=O)N[C@H](Cn2nnc3ccccc32)C(C)C)C1(C)C. The standard InChI is InChI=1S/C21H30N4O2/c1-13(2)18(12-25-19-9-7-6-8-17(19)23-24-25)22-20(27)11-15-10-16(14(3)26)21(15,4)5/h6-9,13,15-16,18H,10-12H2,1-5H3,(H,22,27)/t15-,16+,18-/m1/s1. The molecule has 1 aliphatic carbocycles. The van der Waals surface area contributed by atoms with E-state index < -0.39 is 0 Å². The zero-order chi connectivity index (χ0) is 19.8. The molecule has 1 saturated carbocycles. The maximum absolute atomic E-state index is 12.7. The normalized spacial score (nSPS) is 22.4. The Labute approximate surface area is 160 Å². The molecule has 1 fully saturated rings. The summed E-state index contributed by atoms with van der Waals surface area (Å²) in [7, 11) is 0. The van der Waals surface area contributed by atoms with Crippen molar-refractivity contribution in [3.63, 3.8) is 0 Å². The predicted octanol–water partition coefficient (Wildman–Crippen LogP) is 3.21. The number of hydrogen-bond donors (Lipinski definition) is 1. The number of amides is 1. The van der Waals surface area contributed by atoms with Gasteiger partial charge in [-0.1, -0.05) is 45.0 Å². The number of para-hydroxylation sites is 1. The van der Waals surface area contributed by atoms with Gasteiger partial charge in [0.25, 0.3) is 0 Å². The minimum absolute atomic E-state index is 0.0191. The molecule has 6 nitrogen and oxygen atoms in total. The number of rotatable bonds is 7. The number of ketones is 1. The van der Waals surface area contributed by atoms with Crippen molar-refractivity contribution in [1.29, 1.82) is 0 Å². The Kier molecular flexibility index (Phi) is 5.36. The zero-order valence-electron chi connectivity index (χ0n) is 16.9. The lowest BCUT2D eigenvalue weighted by molar-refractivity contribution is -0.141. The van der Waals surface area contributed by atoms with Crippen LogP contribution in [0.2, 0.25) is 0 Å². The van der Waals surface area contributed by atoms with E-state index in [4.69, 9.17) is 0 Å². The Balaban J connectivity index is 1.63. The van der Waals surface area contributed by atoms with Gasteiger partial charge in [0.2, 0.25) is 5.91 Å². The summed E-state index contributed by atoms with van der Waals surface area (Å²) in [6.45, 7) is 10.6. The van der Waals surface area contributed by atoms with Gasteiger partial charge in [0.1, 0.15) is 11.3 Å². The van der Waals surface area contributed by atoms with Gasteiger partial charge in [-0.25, -0.2) is 4.68 Å². The van der Waals surface area contributed by atoms with Gasteiger partial charge in [0, 0.05) is 12.3 Å². The van der Waals surface area contributed by atoms with E-state index in [9.17, 15) is 9.59 Å². The van der Waals surface area contributed by atoms with E-state index in [1.807, 2.05) is 28.9 Å². The highest BCUT2D eigenvalue weighted by atomic mass is 16.1. The molecular weight excluding hydrogens is 340 g/mol. The summed E-state index contributed by atoms with van der Waals surface area (Å²) in [6.07, 6.45) is 1.29. The third-order valence-corrected chi connectivity index (χ3v) is 6.33. The fourth-order valence-corrected chi connectivity index (χ4v) is 4.20. The molecule has 0 aliphatic heterocycles. The molecule has 1 amide bonds. The maximum atomic E-state index is 12.7. The van der Waals surface area contributed by atoms with Crippen LogP contribution in [0.15, 0.2) is 24.3 Å². The largest absolute Gasteiger partial charge is 0.351 e. The van der Waals surface area contributed by atoms with Crippen LogP contribution in [0.1, 0.15) is 47.5 Å². The Morgan fingerprint density at radius 2 is 2.00 bits per heavy atom. The van der Waals surface area contributed by atoms with Gasteiger partial charge in [-0.15, -0.1) is 5.10 Å². The number of Topliss-reactive ketones (excluding diaryl/α,β-unsaturated/α-hetero) is 1. The van der Waals surface area contributed by atoms with Gasteiger partial charge in [0.15, 0.2) is 0 Å². The summed E-state index contributed by atoms with van der Waals surface area (Å²) in [5, 5.41) is 11.6. The molecule has 0 unspecified atom stereocenters. The number of nitrogens with zero attached hydrogens (tertiary/aromatic N) is 3. The van der Waals surface area contributed by atoms with E-state index >= 15 is 0 Å². The third-order valence-electron chi connectivity index (χ3n) is 6.33. The first-order valence-corrected chi connectivity index (χ1v) is 9.78. The molecule has 1 aliphatic rings. The molecule has 1 heterocycles. The van der Waals surface area contributed by atoms with Gasteiger partial charge in [0.05, 0.1) is 18.1 Å². The van der Waals surface area contributed by atoms with Crippen molar-refractivity contribution in [3.05, 3.63) is 24.3 Å². The highest BCUT2D eigenvalue weighted by Gasteiger charge is 2.50. The van der Waals surface area contributed by atoms with Gasteiger partial charge in [-0.2, -0.15) is 0 Å². The van der Waals surface area contributed by atoms with Crippen molar-refractivity contribution in [2.24, 2.45) is 23.2 Å². The lowest BCUT2D eigenvalue weighted by atomic mass is 9.52. The van der Waals surface area contributed by atoms with Crippen molar-refractivity contribution in [1.82, 2.24) is 20.3 Å². The molecule has 1 aromatic heterocycles. The highest BCUT2D eigenvalue weighted by molar-refractivity contribution is 5.81. The highest BCUT2D eigenvalue weighted by Crippen LogP contribution is 2.53.